The van der Waals surface area contributed by atoms with Gasteiger partial charge in [-0.25, -0.2) is 0 Å². The van der Waals surface area contributed by atoms with Crippen LogP contribution in [0.25, 0.3) is 0 Å². The molecule has 1 rings (SSSR count). The third kappa shape index (κ3) is 3.24. The molecule has 0 radical (unpaired) electrons. The molecular weight excluding hydrogens is 198 g/mol. The van der Waals surface area contributed by atoms with Gasteiger partial charge in [0.15, 0.2) is 0 Å². The second-order valence-electron chi connectivity index (χ2n) is 4.20. The van der Waals surface area contributed by atoms with Gasteiger partial charge >= 0.3 is 0 Å². The van der Waals surface area contributed by atoms with Crippen LogP contribution in [-0.2, 0) is 0 Å². The Labute approximate surface area is 99.0 Å². The Bertz CT molecular complexity index is 311. The van der Waals surface area contributed by atoms with E-state index in [0.717, 1.165) is 12.3 Å². The molecule has 0 aromatic heterocycles. The number of methoxy groups -OCH3 is 1. The van der Waals surface area contributed by atoms with Gasteiger partial charge in [0.2, 0.25) is 0 Å². The second-order valence-corrected chi connectivity index (χ2v) is 4.20. The Morgan fingerprint density at radius 3 is 2.62 bits per heavy atom. The lowest BCUT2D eigenvalue weighted by Crippen LogP contribution is -2.26. The molecule has 0 aliphatic heterocycles. The highest BCUT2D eigenvalue weighted by atomic mass is 16.5. The molecule has 1 aromatic carbocycles. The molecule has 0 spiro atoms. The summed E-state index contributed by atoms with van der Waals surface area (Å²) in [5.74, 6) is 1.57. The van der Waals surface area contributed by atoms with Gasteiger partial charge in [-0.1, -0.05) is 39.3 Å². The molecule has 0 bridgehead atoms. The van der Waals surface area contributed by atoms with Crippen molar-refractivity contribution >= 4 is 0 Å². The summed E-state index contributed by atoms with van der Waals surface area (Å²) < 4.78 is 5.27. The normalized spacial score (nSPS) is 14.5. The van der Waals surface area contributed by atoms with Crippen molar-refractivity contribution in [2.24, 2.45) is 5.92 Å². The standard InChI is InChI=1S/C14H23NO/c1-5-11(3)14(15-6-2)12-8-7-9-13(10-12)16-4/h7-11,14-15H,5-6H2,1-4H3. The van der Waals surface area contributed by atoms with Crippen molar-refractivity contribution < 1.29 is 4.74 Å². The number of hydrogen-bond acceptors (Lipinski definition) is 2. The molecule has 2 atom stereocenters. The van der Waals surface area contributed by atoms with Crippen LogP contribution in [0.15, 0.2) is 24.3 Å². The summed E-state index contributed by atoms with van der Waals surface area (Å²) in [6.45, 7) is 7.66. The molecule has 0 heterocycles. The van der Waals surface area contributed by atoms with E-state index >= 15 is 0 Å². The molecule has 0 aliphatic rings. The molecule has 16 heavy (non-hydrogen) atoms. The van der Waals surface area contributed by atoms with Gasteiger partial charge in [0, 0.05) is 6.04 Å². The average Bonchev–Trinajstić information content (AvgIpc) is 2.35. The lowest BCUT2D eigenvalue weighted by atomic mass is 9.92. The average molecular weight is 221 g/mol. The largest absolute Gasteiger partial charge is 0.497 e. The van der Waals surface area contributed by atoms with E-state index in [1.165, 1.54) is 12.0 Å². The zero-order valence-electron chi connectivity index (χ0n) is 10.8. The fourth-order valence-electron chi connectivity index (χ4n) is 1.94. The first-order chi connectivity index (χ1) is 7.72. The van der Waals surface area contributed by atoms with Crippen molar-refractivity contribution in [2.75, 3.05) is 13.7 Å². The minimum Gasteiger partial charge on any atom is -0.497 e. The molecule has 2 unspecified atom stereocenters. The van der Waals surface area contributed by atoms with Gasteiger partial charge < -0.3 is 10.1 Å². The molecule has 0 fully saturated rings. The number of benzene rings is 1. The Balaban J connectivity index is 2.90. The van der Waals surface area contributed by atoms with Crippen molar-refractivity contribution in [3.05, 3.63) is 29.8 Å². The molecule has 0 aliphatic carbocycles. The summed E-state index contributed by atoms with van der Waals surface area (Å²) in [5, 5.41) is 3.55. The zero-order chi connectivity index (χ0) is 12.0. The fourth-order valence-corrected chi connectivity index (χ4v) is 1.94. The first kappa shape index (κ1) is 13.0. The molecule has 2 heteroatoms. The van der Waals surface area contributed by atoms with Crippen LogP contribution in [0.5, 0.6) is 5.75 Å². The van der Waals surface area contributed by atoms with Gasteiger partial charge in [-0.15, -0.1) is 0 Å². The maximum absolute atomic E-state index is 5.27. The molecule has 2 nitrogen and oxygen atoms in total. The molecule has 1 aromatic rings. The minimum absolute atomic E-state index is 0.421. The van der Waals surface area contributed by atoms with E-state index in [4.69, 9.17) is 4.74 Å². The summed E-state index contributed by atoms with van der Waals surface area (Å²) in [5.41, 5.74) is 1.32. The molecule has 1 N–H and O–H groups in total. The molecule has 0 saturated carbocycles. The van der Waals surface area contributed by atoms with Crippen LogP contribution < -0.4 is 10.1 Å². The number of nitrogens with one attached hydrogen (secondary N) is 1. The van der Waals surface area contributed by atoms with Gasteiger partial charge in [0.25, 0.3) is 0 Å². The van der Waals surface area contributed by atoms with Crippen molar-refractivity contribution in [3.63, 3.8) is 0 Å². The summed E-state index contributed by atoms with van der Waals surface area (Å²) in [6.07, 6.45) is 1.18. The predicted molar refractivity (Wildman–Crippen MR) is 68.9 cm³/mol. The van der Waals surface area contributed by atoms with Crippen LogP contribution in [0.2, 0.25) is 0 Å². The molecule has 0 amide bonds. The molecule has 0 saturated heterocycles. The van der Waals surface area contributed by atoms with Crippen molar-refractivity contribution in [1.29, 1.82) is 0 Å². The van der Waals surface area contributed by atoms with E-state index in [1.54, 1.807) is 7.11 Å². The lowest BCUT2D eigenvalue weighted by molar-refractivity contribution is 0.379. The van der Waals surface area contributed by atoms with E-state index in [1.807, 2.05) is 6.07 Å². The van der Waals surface area contributed by atoms with Crippen LogP contribution >= 0.6 is 0 Å². The predicted octanol–water partition coefficient (Wildman–Crippen LogP) is 3.39. The maximum atomic E-state index is 5.27. The van der Waals surface area contributed by atoms with Crippen LogP contribution in [0.1, 0.15) is 38.8 Å². The topological polar surface area (TPSA) is 21.3 Å². The van der Waals surface area contributed by atoms with Crippen LogP contribution in [0.3, 0.4) is 0 Å². The number of ether oxygens (including phenoxy) is 1. The Morgan fingerprint density at radius 1 is 1.31 bits per heavy atom. The number of hydrogen-bond donors (Lipinski definition) is 1. The van der Waals surface area contributed by atoms with E-state index in [0.29, 0.717) is 12.0 Å². The smallest absolute Gasteiger partial charge is 0.119 e. The molecule has 90 valence electrons. The Kier molecular flexibility index (Phi) is 5.33. The van der Waals surface area contributed by atoms with Gasteiger partial charge in [0.05, 0.1) is 7.11 Å². The molecular formula is C14H23NO. The highest BCUT2D eigenvalue weighted by molar-refractivity contribution is 5.30. The number of rotatable bonds is 6. The zero-order valence-corrected chi connectivity index (χ0v) is 10.8. The maximum Gasteiger partial charge on any atom is 0.119 e. The monoisotopic (exact) mass is 221 g/mol. The first-order valence-electron chi connectivity index (χ1n) is 6.10. The van der Waals surface area contributed by atoms with Crippen LogP contribution in [0, 0.1) is 5.92 Å². The summed E-state index contributed by atoms with van der Waals surface area (Å²) in [7, 11) is 1.71. The van der Waals surface area contributed by atoms with Crippen LogP contribution in [-0.4, -0.2) is 13.7 Å². The Morgan fingerprint density at radius 2 is 2.06 bits per heavy atom. The van der Waals surface area contributed by atoms with Gasteiger partial charge in [-0.2, -0.15) is 0 Å². The van der Waals surface area contributed by atoms with E-state index in [-0.39, 0.29) is 0 Å². The fraction of sp³-hybridized carbons (Fsp3) is 0.571. The van der Waals surface area contributed by atoms with Crippen LogP contribution in [0.4, 0.5) is 0 Å². The van der Waals surface area contributed by atoms with Gasteiger partial charge in [-0.05, 0) is 30.2 Å². The second kappa shape index (κ2) is 6.54. The van der Waals surface area contributed by atoms with Crippen molar-refractivity contribution in [3.8, 4) is 5.75 Å². The van der Waals surface area contributed by atoms with E-state index < -0.39 is 0 Å². The minimum atomic E-state index is 0.421. The highest BCUT2D eigenvalue weighted by Gasteiger charge is 2.16. The van der Waals surface area contributed by atoms with Crippen molar-refractivity contribution in [2.45, 2.75) is 33.2 Å². The quantitative estimate of drug-likeness (QED) is 0.795. The van der Waals surface area contributed by atoms with Gasteiger partial charge in [-0.3, -0.25) is 0 Å². The van der Waals surface area contributed by atoms with E-state index in [9.17, 15) is 0 Å². The third-order valence-electron chi connectivity index (χ3n) is 3.09. The SMILES string of the molecule is CCNC(c1cccc(OC)c1)C(C)CC. The summed E-state index contributed by atoms with van der Waals surface area (Å²) >= 11 is 0. The summed E-state index contributed by atoms with van der Waals surface area (Å²) in [4.78, 5) is 0. The first-order valence-corrected chi connectivity index (χ1v) is 6.10. The Hall–Kier alpha value is -1.02. The third-order valence-corrected chi connectivity index (χ3v) is 3.09. The highest BCUT2D eigenvalue weighted by Crippen LogP contribution is 2.26. The van der Waals surface area contributed by atoms with E-state index in [2.05, 4.69) is 44.3 Å². The summed E-state index contributed by atoms with van der Waals surface area (Å²) in [6, 6.07) is 8.76. The van der Waals surface area contributed by atoms with Gasteiger partial charge in [0.1, 0.15) is 5.75 Å². The lowest BCUT2D eigenvalue weighted by Gasteiger charge is -2.24. The van der Waals surface area contributed by atoms with Crippen molar-refractivity contribution in [1.82, 2.24) is 5.32 Å².